The third kappa shape index (κ3) is 17.3. The second kappa shape index (κ2) is 27.0. The maximum atomic E-state index is 14.8. The molecule has 0 aliphatic carbocycles. The van der Waals surface area contributed by atoms with Crippen LogP contribution in [0.3, 0.4) is 0 Å². The van der Waals surface area contributed by atoms with Gasteiger partial charge in [-0.1, -0.05) is 60.7 Å². The van der Waals surface area contributed by atoms with Crippen molar-refractivity contribution in [1.82, 2.24) is 52.2 Å². The molecule has 0 saturated heterocycles. The third-order valence-corrected chi connectivity index (χ3v) is 11.3. The van der Waals surface area contributed by atoms with Crippen LogP contribution in [0.15, 0.2) is 90.4 Å². The number of carbonyl (C=O) groups is 8. The lowest BCUT2D eigenvalue weighted by Crippen LogP contribution is -2.60. The third-order valence-electron chi connectivity index (χ3n) is 11.3. The summed E-state index contributed by atoms with van der Waals surface area (Å²) >= 11 is 0. The zero-order valence-corrected chi connectivity index (χ0v) is 39.4. The molecule has 17 N–H and O–H groups in total. The summed E-state index contributed by atoms with van der Waals surface area (Å²) < 4.78 is 0. The number of unbranched alkanes of at least 4 members (excludes halogenated alkanes) is 1. The van der Waals surface area contributed by atoms with Crippen molar-refractivity contribution < 1.29 is 38.4 Å². The van der Waals surface area contributed by atoms with Gasteiger partial charge in [0.25, 0.3) is 0 Å². The average Bonchev–Trinajstić information content (AvgIpc) is 4.02. The molecular weight excluding hydrogens is 915 g/mol. The Labute approximate surface area is 409 Å². The van der Waals surface area contributed by atoms with E-state index in [9.17, 15) is 38.4 Å². The highest BCUT2D eigenvalue weighted by Gasteiger charge is 2.33. The minimum Gasteiger partial charge on any atom is -0.370 e. The molecule has 0 aliphatic rings. The number of aromatic nitrogens is 3. The lowest BCUT2D eigenvalue weighted by molar-refractivity contribution is -0.135. The lowest BCUT2D eigenvalue weighted by Gasteiger charge is -2.27. The van der Waals surface area contributed by atoms with E-state index in [0.29, 0.717) is 36.2 Å². The number of benzene rings is 3. The van der Waals surface area contributed by atoms with Crippen LogP contribution in [0, 0.1) is 0 Å². The van der Waals surface area contributed by atoms with Crippen LogP contribution in [0.25, 0.3) is 21.7 Å². The number of nitrogens with two attached hydrogens (primary N) is 4. The number of carbonyl (C=O) groups excluding carboxylic acids is 8. The summed E-state index contributed by atoms with van der Waals surface area (Å²) in [5.41, 5.74) is 24.7. The van der Waals surface area contributed by atoms with E-state index < -0.39 is 84.0 Å². The molecule has 0 saturated carbocycles. The SMILES string of the molecule is CC(=O)NCC(=O)N[C@@H](CCCCN)C(=O)N[C@@H](Cc1cnc[nH]1)C(=O)N[C@H](Cc1ccc2ccccc2c1)C(=O)N[C@@H](CCCN=C(N)N)C(=O)N[C@@H](Cc1c[nH]c2ccccc12)C(=O)NCC(N)=O. The predicted molar refractivity (Wildman–Crippen MR) is 265 cm³/mol. The number of primary amides is 1. The van der Waals surface area contributed by atoms with Crippen molar-refractivity contribution in [1.29, 1.82) is 0 Å². The van der Waals surface area contributed by atoms with Crippen LogP contribution in [0.4, 0.5) is 0 Å². The molecule has 378 valence electrons. The zero-order valence-electron chi connectivity index (χ0n) is 39.4. The van der Waals surface area contributed by atoms with E-state index in [1.807, 2.05) is 60.7 Å². The largest absolute Gasteiger partial charge is 0.370 e. The van der Waals surface area contributed by atoms with Crippen molar-refractivity contribution >= 4 is 74.9 Å². The van der Waals surface area contributed by atoms with Crippen LogP contribution in [-0.4, -0.2) is 125 Å². The summed E-state index contributed by atoms with van der Waals surface area (Å²) in [5, 5.41) is 21.1. The van der Waals surface area contributed by atoms with Gasteiger partial charge in [0.15, 0.2) is 5.96 Å². The number of aromatic amines is 2. The van der Waals surface area contributed by atoms with Gasteiger partial charge in [-0.25, -0.2) is 4.98 Å². The minimum atomic E-state index is -1.38. The molecule has 0 spiro atoms. The molecule has 0 fully saturated rings. The topological polar surface area (TPSA) is 382 Å². The molecule has 3 aromatic carbocycles. The molecule has 23 heteroatoms. The van der Waals surface area contributed by atoms with Crippen LogP contribution >= 0.6 is 0 Å². The fourth-order valence-corrected chi connectivity index (χ4v) is 7.74. The van der Waals surface area contributed by atoms with Gasteiger partial charge >= 0.3 is 0 Å². The Kier molecular flexibility index (Phi) is 20.4. The van der Waals surface area contributed by atoms with E-state index in [0.717, 1.165) is 21.7 Å². The summed E-state index contributed by atoms with van der Waals surface area (Å²) in [7, 11) is 0. The fourth-order valence-electron chi connectivity index (χ4n) is 7.74. The number of rotatable bonds is 28. The van der Waals surface area contributed by atoms with Gasteiger partial charge in [-0.05, 0) is 66.6 Å². The van der Waals surface area contributed by atoms with Crippen molar-refractivity contribution in [2.75, 3.05) is 26.2 Å². The number of para-hydroxylation sites is 1. The van der Waals surface area contributed by atoms with Crippen LogP contribution in [0.2, 0.25) is 0 Å². The van der Waals surface area contributed by atoms with Crippen LogP contribution in [0.5, 0.6) is 0 Å². The average molecular weight is 978 g/mol. The summed E-state index contributed by atoms with van der Waals surface area (Å²) in [6.45, 7) is 0.760. The number of guanidine groups is 1. The molecule has 0 unspecified atom stereocenters. The second-order valence-corrected chi connectivity index (χ2v) is 16.9. The Morgan fingerprint density at radius 3 is 1.92 bits per heavy atom. The summed E-state index contributed by atoms with van der Waals surface area (Å²) in [6.07, 6.45) is 5.62. The first-order valence-corrected chi connectivity index (χ1v) is 23.2. The number of nitrogens with one attached hydrogen (secondary N) is 9. The van der Waals surface area contributed by atoms with Crippen molar-refractivity contribution in [2.45, 2.75) is 88.5 Å². The Bertz CT molecular complexity index is 2670. The quantitative estimate of drug-likeness (QED) is 0.0153. The smallest absolute Gasteiger partial charge is 0.243 e. The van der Waals surface area contributed by atoms with Gasteiger partial charge in [-0.3, -0.25) is 43.3 Å². The van der Waals surface area contributed by atoms with Crippen molar-refractivity contribution in [2.24, 2.45) is 27.9 Å². The first-order chi connectivity index (χ1) is 34.1. The molecule has 5 rings (SSSR count). The van der Waals surface area contributed by atoms with Gasteiger partial charge in [0.05, 0.1) is 19.4 Å². The molecule has 2 aromatic heterocycles. The molecule has 2 heterocycles. The molecular formula is C48H63N15O8. The zero-order chi connectivity index (χ0) is 51.3. The van der Waals surface area contributed by atoms with Crippen LogP contribution in [-0.2, 0) is 57.6 Å². The van der Waals surface area contributed by atoms with E-state index in [1.54, 1.807) is 12.3 Å². The number of hydrogen-bond donors (Lipinski definition) is 13. The Balaban J connectivity index is 1.46. The van der Waals surface area contributed by atoms with E-state index in [1.165, 1.54) is 19.4 Å². The van der Waals surface area contributed by atoms with Gasteiger partial charge in [0.2, 0.25) is 47.3 Å². The number of fused-ring (bicyclic) bond motifs is 2. The fraction of sp³-hybridized carbons (Fsp3) is 0.375. The van der Waals surface area contributed by atoms with Crippen molar-refractivity contribution in [3.8, 4) is 0 Å². The maximum absolute atomic E-state index is 14.8. The summed E-state index contributed by atoms with van der Waals surface area (Å²) in [6, 6.07) is 14.0. The van der Waals surface area contributed by atoms with Gasteiger partial charge in [0.1, 0.15) is 30.2 Å². The second-order valence-electron chi connectivity index (χ2n) is 16.9. The monoisotopic (exact) mass is 977 g/mol. The molecule has 5 atom stereocenters. The summed E-state index contributed by atoms with van der Waals surface area (Å²) in [4.78, 5) is 121. The van der Waals surface area contributed by atoms with E-state index in [4.69, 9.17) is 22.9 Å². The van der Waals surface area contributed by atoms with E-state index in [2.05, 4.69) is 57.2 Å². The lowest BCUT2D eigenvalue weighted by atomic mass is 9.99. The maximum Gasteiger partial charge on any atom is 0.243 e. The first-order valence-electron chi connectivity index (χ1n) is 23.2. The van der Waals surface area contributed by atoms with E-state index >= 15 is 0 Å². The van der Waals surface area contributed by atoms with Gasteiger partial charge in [0, 0.05) is 61.7 Å². The number of amides is 8. The number of hydrogen-bond acceptors (Lipinski definition) is 11. The Morgan fingerprint density at radius 1 is 0.634 bits per heavy atom. The molecule has 5 aromatic rings. The highest BCUT2D eigenvalue weighted by atomic mass is 16.2. The summed E-state index contributed by atoms with van der Waals surface area (Å²) in [5.74, 6) is -5.87. The van der Waals surface area contributed by atoms with Crippen molar-refractivity contribution in [3.05, 3.63) is 102 Å². The normalized spacial score (nSPS) is 13.1. The van der Waals surface area contributed by atoms with Crippen LogP contribution < -0.4 is 60.2 Å². The number of nitrogens with zero attached hydrogens (tertiary/aromatic N) is 2. The molecule has 0 bridgehead atoms. The van der Waals surface area contributed by atoms with Gasteiger partial charge in [-0.15, -0.1) is 0 Å². The molecule has 8 amide bonds. The highest BCUT2D eigenvalue weighted by molar-refractivity contribution is 5.98. The minimum absolute atomic E-state index is 0.0219. The highest BCUT2D eigenvalue weighted by Crippen LogP contribution is 2.20. The predicted octanol–water partition coefficient (Wildman–Crippen LogP) is -1.58. The molecule has 71 heavy (non-hydrogen) atoms. The number of aliphatic imine (C=N–C) groups is 1. The Hall–Kier alpha value is -8.34. The number of imidazole rings is 1. The molecule has 0 radical (unpaired) electrons. The molecule has 23 nitrogen and oxygen atoms in total. The molecule has 0 aliphatic heterocycles. The standard InChI is InChI=1S/C48H63N15O8/c1-28(64)55-26-42(66)59-36(13-6-7-17-49)44(68)63-40(22-33-24-53-27-58-33)47(71)61-38(20-29-15-16-30-9-2-3-10-31(30)19-29)46(70)60-37(14-8-18-54-48(51)52)45(69)62-39(43(67)57-25-41(50)65)21-32-23-56-35-12-5-4-11-34(32)35/h2-5,9-12,15-16,19,23-24,27,36-40,56H,6-8,13-14,17-18,20-22,25-26,49H2,1H3,(H2,50,65)(H,53,58)(H,55,64)(H,57,67)(H,59,66)(H,60,70)(H,61,71)(H,62,69)(H,63,68)(H4,51,52,54)/t36-,37-,38+,39-,40-/m0/s1. The van der Waals surface area contributed by atoms with Crippen LogP contribution in [0.1, 0.15) is 55.8 Å². The van der Waals surface area contributed by atoms with Crippen molar-refractivity contribution in [3.63, 3.8) is 0 Å². The number of H-pyrrole nitrogens is 2. The van der Waals surface area contributed by atoms with Gasteiger partial charge < -0.3 is 70.1 Å². The van der Waals surface area contributed by atoms with Gasteiger partial charge in [-0.2, -0.15) is 0 Å². The first kappa shape index (κ1) is 53.6. The van der Waals surface area contributed by atoms with E-state index in [-0.39, 0.29) is 57.6 Å². The Morgan fingerprint density at radius 2 is 1.25 bits per heavy atom.